The molecule has 2 amide bonds. The van der Waals surface area contributed by atoms with Gasteiger partial charge in [-0.1, -0.05) is 0 Å². The maximum atomic E-state index is 12.3. The van der Waals surface area contributed by atoms with E-state index in [0.29, 0.717) is 0 Å². The maximum Gasteiger partial charge on any atom is 0.522 e. The van der Waals surface area contributed by atoms with Gasteiger partial charge >= 0.3 is 6.36 Å². The Bertz CT molecular complexity index is 396. The predicted molar refractivity (Wildman–Crippen MR) is 62.5 cm³/mol. The first-order chi connectivity index (χ1) is 9.28. The van der Waals surface area contributed by atoms with Crippen molar-refractivity contribution in [1.82, 2.24) is 10.2 Å². The minimum absolute atomic E-state index is 0.0982. The zero-order chi connectivity index (χ0) is 14.9. The average molecular weight is 294 g/mol. The molecule has 20 heavy (non-hydrogen) atoms. The van der Waals surface area contributed by atoms with Crippen LogP contribution in [0.1, 0.15) is 26.2 Å². The molecule has 1 aliphatic carbocycles. The van der Waals surface area contributed by atoms with Crippen molar-refractivity contribution < 1.29 is 27.5 Å². The Morgan fingerprint density at radius 1 is 1.35 bits per heavy atom. The molecule has 8 heteroatoms. The van der Waals surface area contributed by atoms with Crippen LogP contribution in [0.5, 0.6) is 0 Å². The van der Waals surface area contributed by atoms with E-state index in [1.165, 1.54) is 4.90 Å². The van der Waals surface area contributed by atoms with E-state index in [1.807, 2.05) is 0 Å². The van der Waals surface area contributed by atoms with Crippen molar-refractivity contribution in [2.24, 2.45) is 5.92 Å². The van der Waals surface area contributed by atoms with Crippen molar-refractivity contribution in [2.45, 2.75) is 44.6 Å². The van der Waals surface area contributed by atoms with Crippen LogP contribution in [-0.4, -0.2) is 48.3 Å². The van der Waals surface area contributed by atoms with E-state index in [9.17, 15) is 22.8 Å². The van der Waals surface area contributed by atoms with Gasteiger partial charge in [0.25, 0.3) is 0 Å². The van der Waals surface area contributed by atoms with Gasteiger partial charge in [0.1, 0.15) is 6.04 Å². The highest BCUT2D eigenvalue weighted by Gasteiger charge is 2.42. The molecule has 0 radical (unpaired) electrons. The molecule has 114 valence electrons. The summed E-state index contributed by atoms with van der Waals surface area (Å²) in [6.07, 6.45) is -2.89. The summed E-state index contributed by atoms with van der Waals surface area (Å²) < 4.78 is 39.6. The number of alkyl halides is 3. The lowest BCUT2D eigenvalue weighted by atomic mass is 10.1. The topological polar surface area (TPSA) is 58.6 Å². The summed E-state index contributed by atoms with van der Waals surface area (Å²) in [5.74, 6) is -0.429. The molecular formula is C12H17F3N2O3. The smallest absolute Gasteiger partial charge is 0.344 e. The van der Waals surface area contributed by atoms with E-state index in [0.717, 1.165) is 12.8 Å². The normalized spacial score (nSPS) is 28.3. The quantitative estimate of drug-likeness (QED) is 0.843. The van der Waals surface area contributed by atoms with Crippen LogP contribution in [0, 0.1) is 5.92 Å². The molecule has 1 heterocycles. The van der Waals surface area contributed by atoms with E-state index >= 15 is 0 Å². The zero-order valence-corrected chi connectivity index (χ0v) is 11.1. The Hall–Kier alpha value is -1.31. The molecule has 1 N–H and O–H groups in total. The third-order valence-electron chi connectivity index (χ3n) is 3.57. The Kier molecular flexibility index (Phi) is 4.22. The van der Waals surface area contributed by atoms with Crippen molar-refractivity contribution >= 4 is 11.8 Å². The molecule has 1 saturated heterocycles. The number of carbonyl (C=O) groups is 2. The molecule has 1 saturated carbocycles. The van der Waals surface area contributed by atoms with Crippen molar-refractivity contribution in [2.75, 3.05) is 13.2 Å². The van der Waals surface area contributed by atoms with Crippen LogP contribution in [-0.2, 0) is 14.3 Å². The first-order valence-corrected chi connectivity index (χ1v) is 6.58. The van der Waals surface area contributed by atoms with Crippen molar-refractivity contribution in [3.8, 4) is 0 Å². The van der Waals surface area contributed by atoms with Gasteiger partial charge in [-0.15, -0.1) is 13.2 Å². The van der Waals surface area contributed by atoms with Crippen LogP contribution in [0.3, 0.4) is 0 Å². The molecule has 0 aromatic carbocycles. The molecule has 0 aromatic rings. The summed E-state index contributed by atoms with van der Waals surface area (Å²) in [5.41, 5.74) is 0. The molecule has 2 atom stereocenters. The number of hydrogen-bond donors (Lipinski definition) is 1. The van der Waals surface area contributed by atoms with Gasteiger partial charge < -0.3 is 10.2 Å². The van der Waals surface area contributed by atoms with Crippen molar-refractivity contribution in [3.63, 3.8) is 0 Å². The number of amides is 2. The van der Waals surface area contributed by atoms with E-state index in [2.05, 4.69) is 10.1 Å². The molecular weight excluding hydrogens is 277 g/mol. The number of rotatable bonds is 4. The van der Waals surface area contributed by atoms with E-state index in [-0.39, 0.29) is 30.7 Å². The van der Waals surface area contributed by atoms with Crippen LogP contribution in [0.25, 0.3) is 0 Å². The lowest BCUT2D eigenvalue weighted by Gasteiger charge is -2.28. The van der Waals surface area contributed by atoms with Gasteiger partial charge in [-0.3, -0.25) is 14.3 Å². The molecule has 2 rings (SSSR count). The van der Waals surface area contributed by atoms with Crippen LogP contribution in [0.4, 0.5) is 13.2 Å². The minimum Gasteiger partial charge on any atom is -0.344 e. The van der Waals surface area contributed by atoms with Crippen LogP contribution in [0.2, 0.25) is 0 Å². The predicted octanol–water partition coefficient (Wildman–Crippen LogP) is 1.04. The maximum absolute atomic E-state index is 12.3. The number of carbonyl (C=O) groups excluding carboxylic acids is 2. The van der Waals surface area contributed by atoms with Gasteiger partial charge in [0.2, 0.25) is 11.8 Å². The number of halogens is 3. The number of nitrogens with one attached hydrogen (secondary N) is 1. The fraction of sp³-hybridized carbons (Fsp3) is 0.833. The fourth-order valence-electron chi connectivity index (χ4n) is 2.41. The molecule has 1 aliphatic heterocycles. The SMILES string of the molecule is CC1CC(=O)NC(C2CC2)C(=O)N1CCOC(F)(F)F. The zero-order valence-electron chi connectivity index (χ0n) is 11.1. The van der Waals surface area contributed by atoms with Crippen molar-refractivity contribution in [3.05, 3.63) is 0 Å². The molecule has 2 fully saturated rings. The molecule has 0 aromatic heterocycles. The summed E-state index contributed by atoms with van der Waals surface area (Å²) >= 11 is 0. The molecule has 2 aliphatic rings. The number of ether oxygens (including phenoxy) is 1. The monoisotopic (exact) mass is 294 g/mol. The summed E-state index contributed by atoms with van der Waals surface area (Å²) in [6, 6.07) is -1.03. The van der Waals surface area contributed by atoms with Crippen molar-refractivity contribution in [1.29, 1.82) is 0 Å². The highest BCUT2D eigenvalue weighted by Crippen LogP contribution is 2.34. The second kappa shape index (κ2) is 5.59. The van der Waals surface area contributed by atoms with E-state index in [1.54, 1.807) is 6.92 Å². The van der Waals surface area contributed by atoms with Crippen LogP contribution < -0.4 is 5.32 Å². The van der Waals surface area contributed by atoms with Crippen LogP contribution in [0.15, 0.2) is 0 Å². The van der Waals surface area contributed by atoms with Gasteiger partial charge in [0, 0.05) is 19.0 Å². The van der Waals surface area contributed by atoms with Gasteiger partial charge in [0.15, 0.2) is 0 Å². The van der Waals surface area contributed by atoms with Gasteiger partial charge in [0.05, 0.1) is 6.61 Å². The van der Waals surface area contributed by atoms with Gasteiger partial charge in [-0.25, -0.2) is 0 Å². The summed E-state index contributed by atoms with van der Waals surface area (Å²) in [6.45, 7) is 0.864. The summed E-state index contributed by atoms with van der Waals surface area (Å²) in [5, 5.41) is 2.66. The standard InChI is InChI=1S/C12H17F3N2O3/c1-7-6-9(18)16-10(8-2-3-8)11(19)17(7)4-5-20-12(13,14)15/h7-8,10H,2-6H2,1H3,(H,16,18). The first kappa shape index (κ1) is 15.1. The highest BCUT2D eigenvalue weighted by atomic mass is 19.4. The first-order valence-electron chi connectivity index (χ1n) is 6.58. The Labute approximate surface area is 114 Å². The Balaban J connectivity index is 1.99. The largest absolute Gasteiger partial charge is 0.522 e. The summed E-state index contributed by atoms with van der Waals surface area (Å²) in [7, 11) is 0. The molecule has 0 bridgehead atoms. The van der Waals surface area contributed by atoms with E-state index in [4.69, 9.17) is 0 Å². The highest BCUT2D eigenvalue weighted by molar-refractivity contribution is 5.91. The van der Waals surface area contributed by atoms with Crippen LogP contribution >= 0.6 is 0 Å². The fourth-order valence-corrected chi connectivity index (χ4v) is 2.41. The summed E-state index contributed by atoms with van der Waals surface area (Å²) in [4.78, 5) is 25.3. The second-order valence-electron chi connectivity index (χ2n) is 5.26. The lowest BCUT2D eigenvalue weighted by molar-refractivity contribution is -0.325. The van der Waals surface area contributed by atoms with Gasteiger partial charge in [-0.2, -0.15) is 0 Å². The molecule has 2 unspecified atom stereocenters. The second-order valence-corrected chi connectivity index (χ2v) is 5.26. The Morgan fingerprint density at radius 2 is 2.00 bits per heavy atom. The number of nitrogens with zero attached hydrogens (tertiary/aromatic N) is 1. The van der Waals surface area contributed by atoms with E-state index < -0.39 is 25.1 Å². The molecule has 0 spiro atoms. The third kappa shape index (κ3) is 3.84. The number of hydrogen-bond acceptors (Lipinski definition) is 3. The average Bonchev–Trinajstić information content (AvgIpc) is 3.12. The Morgan fingerprint density at radius 3 is 2.55 bits per heavy atom. The third-order valence-corrected chi connectivity index (χ3v) is 3.57. The minimum atomic E-state index is -4.71. The lowest BCUT2D eigenvalue weighted by Crippen LogP contribution is -2.48. The van der Waals surface area contributed by atoms with Gasteiger partial charge in [-0.05, 0) is 25.7 Å². The molecule has 5 nitrogen and oxygen atoms in total.